The number of aromatic nitrogens is 5. The normalized spacial score (nSPS) is 14.5. The molecule has 1 fully saturated rings. The zero-order valence-corrected chi connectivity index (χ0v) is 19.5. The van der Waals surface area contributed by atoms with E-state index in [9.17, 15) is 13.2 Å². The van der Waals surface area contributed by atoms with Crippen LogP contribution in [0.4, 0.5) is 16.3 Å². The lowest BCUT2D eigenvalue weighted by Gasteiger charge is -2.15. The summed E-state index contributed by atoms with van der Waals surface area (Å²) < 4.78 is 33.6. The van der Waals surface area contributed by atoms with Crippen LogP contribution in [0.25, 0.3) is 11.4 Å². The second-order valence-corrected chi connectivity index (χ2v) is 9.85. The van der Waals surface area contributed by atoms with Crippen molar-refractivity contribution < 1.29 is 17.9 Å². The predicted molar refractivity (Wildman–Crippen MR) is 122 cm³/mol. The van der Waals surface area contributed by atoms with Crippen LogP contribution in [0.5, 0.6) is 0 Å². The zero-order chi connectivity index (χ0) is 23.6. The minimum Gasteiger partial charge on any atom is -0.441 e. The first-order valence-electron chi connectivity index (χ1n) is 10.2. The average molecular weight is 492 g/mol. The van der Waals surface area contributed by atoms with Crippen LogP contribution < -0.4 is 10.0 Å². The molecule has 3 aromatic heterocycles. The monoisotopic (exact) mass is 491 g/mol. The van der Waals surface area contributed by atoms with Crippen LogP contribution in [0.15, 0.2) is 36.7 Å². The van der Waals surface area contributed by atoms with Gasteiger partial charge in [-0.3, -0.25) is 15.0 Å². The molecule has 2 N–H and O–H groups in total. The first-order chi connectivity index (χ1) is 15.7. The molecule has 11 nitrogen and oxygen atoms in total. The van der Waals surface area contributed by atoms with Gasteiger partial charge in [0.2, 0.25) is 10.0 Å². The zero-order valence-electron chi connectivity index (χ0n) is 17.9. The molecule has 1 atom stereocenters. The Balaban J connectivity index is 1.45. The van der Waals surface area contributed by atoms with Gasteiger partial charge in [0, 0.05) is 18.8 Å². The van der Waals surface area contributed by atoms with Crippen LogP contribution in [0.3, 0.4) is 0 Å². The number of halogens is 1. The van der Waals surface area contributed by atoms with E-state index in [4.69, 9.17) is 16.3 Å². The molecular weight excluding hydrogens is 470 g/mol. The summed E-state index contributed by atoms with van der Waals surface area (Å²) in [5.41, 5.74) is 1.61. The molecule has 1 aliphatic carbocycles. The summed E-state index contributed by atoms with van der Waals surface area (Å²) in [5, 5.41) is 10.9. The van der Waals surface area contributed by atoms with Crippen LogP contribution >= 0.6 is 11.6 Å². The maximum atomic E-state index is 12.5. The summed E-state index contributed by atoms with van der Waals surface area (Å²) in [6.07, 6.45) is 3.44. The topological polar surface area (TPSA) is 141 Å². The summed E-state index contributed by atoms with van der Waals surface area (Å²) in [4.78, 5) is 20.7. The fraction of sp³-hybridized carbons (Fsp3) is 0.350. The third-order valence-electron chi connectivity index (χ3n) is 4.99. The first kappa shape index (κ1) is 22.9. The van der Waals surface area contributed by atoms with Gasteiger partial charge in [0.05, 0.1) is 23.3 Å². The van der Waals surface area contributed by atoms with Crippen LogP contribution in [-0.2, 0) is 21.8 Å². The van der Waals surface area contributed by atoms with E-state index in [1.807, 2.05) is 0 Å². The van der Waals surface area contributed by atoms with Gasteiger partial charge in [-0.15, -0.1) is 5.10 Å². The van der Waals surface area contributed by atoms with Gasteiger partial charge in [-0.2, -0.15) is 0 Å². The van der Waals surface area contributed by atoms with E-state index in [0.717, 1.165) is 12.8 Å². The van der Waals surface area contributed by atoms with E-state index < -0.39 is 22.2 Å². The van der Waals surface area contributed by atoms with Crippen LogP contribution in [0.1, 0.15) is 31.4 Å². The maximum Gasteiger partial charge on any atom is 0.413 e. The van der Waals surface area contributed by atoms with Crippen LogP contribution in [0.2, 0.25) is 5.15 Å². The minimum atomic E-state index is -3.42. The fourth-order valence-corrected chi connectivity index (χ4v) is 4.92. The number of pyridine rings is 2. The van der Waals surface area contributed by atoms with Gasteiger partial charge < -0.3 is 4.74 Å². The Bertz CT molecular complexity index is 1260. The molecular formula is C20H22ClN7O4S. The predicted octanol–water partition coefficient (Wildman–Crippen LogP) is 3.39. The number of nitrogens with one attached hydrogen (secondary N) is 2. The van der Waals surface area contributed by atoms with E-state index in [1.54, 1.807) is 44.4 Å². The van der Waals surface area contributed by atoms with E-state index >= 15 is 0 Å². The standard InChI is InChI=1S/C20H22ClN7O4S/c1-12(15-4-3-9-22-18(15)21)32-20(29)24-19-17(25-27-28(19)2)16-8-7-14(10-23-16)26-33(30,31)11-13-5-6-13/h3-4,7-10,12-13,26H,5-6,11H2,1-2H3,(H,24,29)/t12-/m1/s1. The van der Waals surface area contributed by atoms with Gasteiger partial charge in [-0.05, 0) is 43.9 Å². The Morgan fingerprint density at radius 1 is 1.30 bits per heavy atom. The highest BCUT2D eigenvalue weighted by atomic mass is 35.5. The number of anilines is 2. The number of sulfonamides is 1. The van der Waals surface area contributed by atoms with Crippen molar-refractivity contribution in [1.29, 1.82) is 0 Å². The lowest BCUT2D eigenvalue weighted by Crippen LogP contribution is -2.19. The van der Waals surface area contributed by atoms with E-state index in [2.05, 4.69) is 30.3 Å². The minimum absolute atomic E-state index is 0.109. The Kier molecular flexibility index (Phi) is 6.47. The van der Waals surface area contributed by atoms with Gasteiger partial charge in [0.1, 0.15) is 11.3 Å². The number of amides is 1. The highest BCUT2D eigenvalue weighted by molar-refractivity contribution is 7.92. The highest BCUT2D eigenvalue weighted by Crippen LogP contribution is 2.31. The number of ether oxygens (including phenoxy) is 1. The quantitative estimate of drug-likeness (QED) is 0.457. The van der Waals surface area contributed by atoms with Crippen LogP contribution in [-0.4, -0.2) is 45.2 Å². The summed E-state index contributed by atoms with van der Waals surface area (Å²) >= 11 is 6.06. The molecule has 33 heavy (non-hydrogen) atoms. The van der Waals surface area contributed by atoms with Gasteiger partial charge in [-0.1, -0.05) is 22.9 Å². The van der Waals surface area contributed by atoms with E-state index in [0.29, 0.717) is 22.6 Å². The Hall–Kier alpha value is -3.25. The lowest BCUT2D eigenvalue weighted by atomic mass is 10.2. The molecule has 13 heteroatoms. The van der Waals surface area contributed by atoms with Gasteiger partial charge >= 0.3 is 6.09 Å². The average Bonchev–Trinajstić information content (AvgIpc) is 3.49. The maximum absolute atomic E-state index is 12.5. The number of rotatable bonds is 8. The summed E-state index contributed by atoms with van der Waals surface area (Å²) in [5.74, 6) is 0.608. The molecule has 0 saturated heterocycles. The summed E-state index contributed by atoms with van der Waals surface area (Å²) in [6, 6.07) is 6.59. The highest BCUT2D eigenvalue weighted by Gasteiger charge is 2.28. The van der Waals surface area contributed by atoms with Crippen molar-refractivity contribution in [2.45, 2.75) is 25.9 Å². The molecule has 174 valence electrons. The van der Waals surface area contributed by atoms with Crippen molar-refractivity contribution in [3.63, 3.8) is 0 Å². The molecule has 0 unspecified atom stereocenters. The Labute approximate surface area is 195 Å². The molecule has 3 heterocycles. The number of hydrogen-bond donors (Lipinski definition) is 2. The molecule has 0 spiro atoms. The van der Waals surface area contributed by atoms with Gasteiger partial charge in [0.15, 0.2) is 11.5 Å². The fourth-order valence-electron chi connectivity index (χ4n) is 3.13. The largest absolute Gasteiger partial charge is 0.441 e. The second kappa shape index (κ2) is 9.32. The number of aryl methyl sites for hydroxylation is 1. The van der Waals surface area contributed by atoms with Gasteiger partial charge in [0.25, 0.3) is 0 Å². The molecule has 0 bridgehead atoms. The molecule has 0 aromatic carbocycles. The van der Waals surface area contributed by atoms with Crippen molar-refractivity contribution in [3.05, 3.63) is 47.4 Å². The molecule has 4 rings (SSSR count). The van der Waals surface area contributed by atoms with E-state index in [-0.39, 0.29) is 22.6 Å². The van der Waals surface area contributed by atoms with E-state index in [1.165, 1.54) is 10.9 Å². The van der Waals surface area contributed by atoms with Crippen molar-refractivity contribution in [2.24, 2.45) is 13.0 Å². The third kappa shape index (κ3) is 5.76. The first-order valence-corrected chi connectivity index (χ1v) is 12.2. The molecule has 1 saturated carbocycles. The molecule has 3 aromatic rings. The number of carbonyl (C=O) groups is 1. The lowest BCUT2D eigenvalue weighted by molar-refractivity contribution is 0.121. The second-order valence-electron chi connectivity index (χ2n) is 7.73. The molecule has 0 radical (unpaired) electrons. The van der Waals surface area contributed by atoms with Crippen molar-refractivity contribution in [1.82, 2.24) is 25.0 Å². The summed E-state index contributed by atoms with van der Waals surface area (Å²) in [6.45, 7) is 1.68. The van der Waals surface area contributed by atoms with Gasteiger partial charge in [-0.25, -0.2) is 22.9 Å². The number of nitrogens with zero attached hydrogens (tertiary/aromatic N) is 5. The Morgan fingerprint density at radius 3 is 2.76 bits per heavy atom. The number of hydrogen-bond acceptors (Lipinski definition) is 8. The third-order valence-corrected chi connectivity index (χ3v) is 6.76. The molecule has 1 amide bonds. The SMILES string of the molecule is C[C@@H](OC(=O)Nc1c(-c2ccc(NS(=O)(=O)CC3CC3)cn2)nnn1C)c1cccnc1Cl. The van der Waals surface area contributed by atoms with Crippen molar-refractivity contribution in [3.8, 4) is 11.4 Å². The van der Waals surface area contributed by atoms with Crippen LogP contribution in [0, 0.1) is 5.92 Å². The number of carbonyl (C=O) groups excluding carboxylic acids is 1. The van der Waals surface area contributed by atoms with Crippen molar-refractivity contribution >= 4 is 39.2 Å². The smallest absolute Gasteiger partial charge is 0.413 e. The summed E-state index contributed by atoms with van der Waals surface area (Å²) in [7, 11) is -1.81. The Morgan fingerprint density at radius 2 is 2.09 bits per heavy atom. The molecule has 0 aliphatic heterocycles. The van der Waals surface area contributed by atoms with Crippen molar-refractivity contribution in [2.75, 3.05) is 15.8 Å². The molecule has 1 aliphatic rings.